The first kappa shape index (κ1) is 15.5. The van der Waals surface area contributed by atoms with E-state index in [1.807, 2.05) is 11.8 Å². The second-order valence-electron chi connectivity index (χ2n) is 5.75. The van der Waals surface area contributed by atoms with Crippen LogP contribution < -0.4 is 0 Å². The van der Waals surface area contributed by atoms with Crippen molar-refractivity contribution in [1.82, 2.24) is 9.88 Å². The molecule has 0 saturated carbocycles. The van der Waals surface area contributed by atoms with Crippen molar-refractivity contribution in [2.75, 3.05) is 19.8 Å². The Morgan fingerprint density at radius 2 is 1.83 bits per heavy atom. The first-order valence-corrected chi connectivity index (χ1v) is 7.83. The molecule has 5 nitrogen and oxygen atoms in total. The first-order chi connectivity index (χ1) is 11.2. The number of aromatic amines is 1. The van der Waals surface area contributed by atoms with Gasteiger partial charge in [-0.15, -0.1) is 0 Å². The molecule has 1 amide bonds. The molecule has 1 N–H and O–H groups in total. The highest BCUT2D eigenvalue weighted by molar-refractivity contribution is 6.09. The molecule has 1 unspecified atom stereocenters. The summed E-state index contributed by atoms with van der Waals surface area (Å²) < 4.78 is 5.43. The second kappa shape index (κ2) is 6.79. The molecule has 1 aromatic heterocycles. The number of ketones is 1. The predicted octanol–water partition coefficient (Wildman–Crippen LogP) is 2.50. The summed E-state index contributed by atoms with van der Waals surface area (Å²) >= 11 is 0. The van der Waals surface area contributed by atoms with E-state index in [9.17, 15) is 9.59 Å². The largest absolute Gasteiger partial charge is 0.380 e. The Balaban J connectivity index is 1.76. The third kappa shape index (κ3) is 3.35. The molecule has 120 valence electrons. The molecule has 1 fully saturated rings. The van der Waals surface area contributed by atoms with Crippen molar-refractivity contribution >= 4 is 11.7 Å². The monoisotopic (exact) mass is 312 g/mol. The maximum Gasteiger partial charge on any atom is 0.254 e. The summed E-state index contributed by atoms with van der Waals surface area (Å²) in [4.78, 5) is 29.6. The summed E-state index contributed by atoms with van der Waals surface area (Å²) in [6.07, 6.45) is 4.23. The Morgan fingerprint density at radius 1 is 1.09 bits per heavy atom. The van der Waals surface area contributed by atoms with E-state index >= 15 is 0 Å². The Bertz CT molecular complexity index is 677. The number of benzene rings is 1. The van der Waals surface area contributed by atoms with Gasteiger partial charge < -0.3 is 14.6 Å². The topological polar surface area (TPSA) is 62.4 Å². The van der Waals surface area contributed by atoms with E-state index in [4.69, 9.17) is 4.74 Å². The zero-order valence-electron chi connectivity index (χ0n) is 13.1. The van der Waals surface area contributed by atoms with Gasteiger partial charge in [-0.25, -0.2) is 0 Å². The van der Waals surface area contributed by atoms with Crippen LogP contribution in [0.1, 0.15) is 39.6 Å². The van der Waals surface area contributed by atoms with Gasteiger partial charge in [-0.3, -0.25) is 9.59 Å². The van der Waals surface area contributed by atoms with Crippen LogP contribution in [0, 0.1) is 0 Å². The number of aromatic nitrogens is 1. The molecule has 0 bridgehead atoms. The Kier molecular flexibility index (Phi) is 4.57. The van der Waals surface area contributed by atoms with Crippen LogP contribution in [0.2, 0.25) is 0 Å². The summed E-state index contributed by atoms with van der Waals surface area (Å²) in [5.41, 5.74) is 1.79. The van der Waals surface area contributed by atoms with Gasteiger partial charge in [-0.1, -0.05) is 12.1 Å². The average Bonchev–Trinajstić information content (AvgIpc) is 3.03. The number of nitrogens with one attached hydrogen (secondary N) is 1. The highest BCUT2D eigenvalue weighted by Crippen LogP contribution is 2.16. The summed E-state index contributed by atoms with van der Waals surface area (Å²) in [7, 11) is 0. The molecule has 1 aliphatic heterocycles. The van der Waals surface area contributed by atoms with Gasteiger partial charge in [0.15, 0.2) is 5.78 Å². The lowest BCUT2D eigenvalue weighted by atomic mass is 10.0. The van der Waals surface area contributed by atoms with Crippen molar-refractivity contribution in [3.05, 3.63) is 59.4 Å². The van der Waals surface area contributed by atoms with Crippen molar-refractivity contribution in [3.8, 4) is 0 Å². The Labute approximate surface area is 135 Å². The van der Waals surface area contributed by atoms with Gasteiger partial charge in [0.1, 0.15) is 0 Å². The average molecular weight is 312 g/mol. The van der Waals surface area contributed by atoms with Crippen molar-refractivity contribution in [2.24, 2.45) is 0 Å². The standard InChI is InChI=1S/C18H20N2O3/c1-13-7-10-23-11-9-20(13)18(22)15-4-2-14(3-5-15)17(21)16-6-8-19-12-16/h2-6,8,12-13,19H,7,9-11H2,1H3. The van der Waals surface area contributed by atoms with E-state index in [0.717, 1.165) is 6.42 Å². The highest BCUT2D eigenvalue weighted by Gasteiger charge is 2.23. The minimum Gasteiger partial charge on any atom is -0.380 e. The van der Waals surface area contributed by atoms with Gasteiger partial charge in [-0.05, 0) is 31.5 Å². The molecule has 3 rings (SSSR count). The summed E-state index contributed by atoms with van der Waals surface area (Å²) in [6, 6.07) is 8.76. The SMILES string of the molecule is CC1CCOCCN1C(=O)c1ccc(C(=O)c2cc[nH]c2)cc1. The maximum atomic E-state index is 12.7. The van der Waals surface area contributed by atoms with Gasteiger partial charge in [-0.2, -0.15) is 0 Å². The van der Waals surface area contributed by atoms with Crippen molar-refractivity contribution in [3.63, 3.8) is 0 Å². The van der Waals surface area contributed by atoms with Gasteiger partial charge >= 0.3 is 0 Å². The van der Waals surface area contributed by atoms with Crippen molar-refractivity contribution in [1.29, 1.82) is 0 Å². The first-order valence-electron chi connectivity index (χ1n) is 7.83. The Morgan fingerprint density at radius 3 is 2.52 bits per heavy atom. The zero-order valence-corrected chi connectivity index (χ0v) is 13.1. The normalized spacial score (nSPS) is 18.5. The molecule has 5 heteroatoms. The lowest BCUT2D eigenvalue weighted by molar-refractivity contribution is 0.0687. The minimum absolute atomic E-state index is 0.0105. The number of hydrogen-bond donors (Lipinski definition) is 1. The van der Waals surface area contributed by atoms with Gasteiger partial charge in [0.25, 0.3) is 5.91 Å². The molecule has 2 heterocycles. The fraction of sp³-hybridized carbons (Fsp3) is 0.333. The molecule has 1 atom stereocenters. The van der Waals surface area contributed by atoms with Crippen LogP contribution in [0.3, 0.4) is 0 Å². The predicted molar refractivity (Wildman–Crippen MR) is 86.6 cm³/mol. The van der Waals surface area contributed by atoms with Crippen LogP contribution in [0.15, 0.2) is 42.7 Å². The fourth-order valence-corrected chi connectivity index (χ4v) is 2.76. The highest BCUT2D eigenvalue weighted by atomic mass is 16.5. The minimum atomic E-state index is -0.0539. The summed E-state index contributed by atoms with van der Waals surface area (Å²) in [6.45, 7) is 3.90. The van der Waals surface area contributed by atoms with E-state index in [1.165, 1.54) is 0 Å². The molecule has 1 saturated heterocycles. The van der Waals surface area contributed by atoms with E-state index < -0.39 is 0 Å². The summed E-state index contributed by atoms with van der Waals surface area (Å²) in [5, 5.41) is 0. The van der Waals surface area contributed by atoms with Crippen LogP contribution in [0.4, 0.5) is 0 Å². The fourth-order valence-electron chi connectivity index (χ4n) is 2.76. The molecule has 1 aromatic carbocycles. The van der Waals surface area contributed by atoms with Crippen LogP contribution in [-0.2, 0) is 4.74 Å². The number of ether oxygens (including phenoxy) is 1. The number of H-pyrrole nitrogens is 1. The van der Waals surface area contributed by atoms with E-state index in [1.54, 1.807) is 42.7 Å². The second-order valence-corrected chi connectivity index (χ2v) is 5.75. The third-order valence-corrected chi connectivity index (χ3v) is 4.20. The quantitative estimate of drug-likeness (QED) is 0.886. The third-order valence-electron chi connectivity index (χ3n) is 4.20. The molecule has 1 aliphatic rings. The van der Waals surface area contributed by atoms with E-state index in [-0.39, 0.29) is 17.7 Å². The smallest absolute Gasteiger partial charge is 0.254 e. The van der Waals surface area contributed by atoms with Crippen LogP contribution in [-0.4, -0.2) is 47.4 Å². The number of carbonyl (C=O) groups is 2. The van der Waals surface area contributed by atoms with Crippen LogP contribution in [0.25, 0.3) is 0 Å². The molecule has 0 aliphatic carbocycles. The maximum absolute atomic E-state index is 12.7. The van der Waals surface area contributed by atoms with Gasteiger partial charge in [0.05, 0.1) is 6.61 Å². The molecule has 2 aromatic rings. The number of carbonyl (C=O) groups excluding carboxylic acids is 2. The van der Waals surface area contributed by atoms with Crippen LogP contribution in [0.5, 0.6) is 0 Å². The lowest BCUT2D eigenvalue weighted by Crippen LogP contribution is -2.39. The summed E-state index contributed by atoms with van der Waals surface area (Å²) in [5.74, 6) is -0.0644. The molecular weight excluding hydrogens is 292 g/mol. The van der Waals surface area contributed by atoms with E-state index in [2.05, 4.69) is 4.98 Å². The molecule has 23 heavy (non-hydrogen) atoms. The Hall–Kier alpha value is -2.40. The molecular formula is C18H20N2O3. The van der Waals surface area contributed by atoms with Gasteiger partial charge in [0, 0.05) is 48.3 Å². The zero-order chi connectivity index (χ0) is 16.2. The van der Waals surface area contributed by atoms with Gasteiger partial charge in [0.2, 0.25) is 0 Å². The number of amides is 1. The lowest BCUT2D eigenvalue weighted by Gasteiger charge is -2.26. The van der Waals surface area contributed by atoms with Crippen molar-refractivity contribution in [2.45, 2.75) is 19.4 Å². The number of nitrogens with zero attached hydrogens (tertiary/aromatic N) is 1. The molecule has 0 radical (unpaired) electrons. The number of rotatable bonds is 3. The number of hydrogen-bond acceptors (Lipinski definition) is 3. The van der Waals surface area contributed by atoms with E-state index in [0.29, 0.717) is 36.4 Å². The van der Waals surface area contributed by atoms with Crippen LogP contribution >= 0.6 is 0 Å². The molecule has 0 spiro atoms. The van der Waals surface area contributed by atoms with Crippen molar-refractivity contribution < 1.29 is 14.3 Å².